The third-order valence-electron chi connectivity index (χ3n) is 7.47. The number of aldehydes is 1. The van der Waals surface area contributed by atoms with Crippen LogP contribution >= 0.6 is 23.4 Å². The number of rotatable bonds is 8. The fourth-order valence-electron chi connectivity index (χ4n) is 5.53. The first kappa shape index (κ1) is 26.4. The van der Waals surface area contributed by atoms with Crippen molar-refractivity contribution in [3.8, 4) is 11.1 Å². The first-order valence-electron chi connectivity index (χ1n) is 13.4. The van der Waals surface area contributed by atoms with Crippen LogP contribution < -0.4 is 10.2 Å². The summed E-state index contributed by atoms with van der Waals surface area (Å²) in [5, 5.41) is 4.05. The molecule has 1 amide bonds. The summed E-state index contributed by atoms with van der Waals surface area (Å²) in [5.74, 6) is -0.0110. The minimum Gasteiger partial charge on any atom is -0.449 e. The maximum atomic E-state index is 13.0. The predicted molar refractivity (Wildman–Crippen MR) is 159 cm³/mol. The van der Waals surface area contributed by atoms with Crippen LogP contribution in [0.1, 0.15) is 45.8 Å². The number of pyridine rings is 1. The number of amides is 1. The largest absolute Gasteiger partial charge is 0.449 e. The summed E-state index contributed by atoms with van der Waals surface area (Å²) >= 11 is 8.14. The summed E-state index contributed by atoms with van der Waals surface area (Å²) in [6.45, 7) is 2.41. The van der Waals surface area contributed by atoms with Crippen LogP contribution in [0.25, 0.3) is 11.1 Å². The van der Waals surface area contributed by atoms with Gasteiger partial charge in [-0.1, -0.05) is 71.9 Å². The van der Waals surface area contributed by atoms with Crippen LogP contribution in [-0.2, 0) is 11.3 Å². The molecule has 0 saturated carbocycles. The van der Waals surface area contributed by atoms with Gasteiger partial charge in [0.05, 0.1) is 5.02 Å². The van der Waals surface area contributed by atoms with Gasteiger partial charge in [-0.2, -0.15) is 0 Å². The van der Waals surface area contributed by atoms with Gasteiger partial charge in [-0.05, 0) is 64.9 Å². The molecule has 2 aliphatic rings. The van der Waals surface area contributed by atoms with Crippen LogP contribution in [0.4, 0.5) is 10.5 Å². The van der Waals surface area contributed by atoms with Gasteiger partial charge in [-0.25, -0.2) is 9.78 Å². The molecule has 1 fully saturated rings. The molecular formula is C32H28ClN3O3S. The van der Waals surface area contributed by atoms with Crippen LogP contribution in [0.15, 0.2) is 88.9 Å². The monoisotopic (exact) mass is 569 g/mol. The van der Waals surface area contributed by atoms with Gasteiger partial charge in [-0.15, -0.1) is 0 Å². The quantitative estimate of drug-likeness (QED) is 0.224. The molecule has 2 heterocycles. The van der Waals surface area contributed by atoms with Crippen LogP contribution in [0.3, 0.4) is 0 Å². The Balaban J connectivity index is 1.20. The van der Waals surface area contributed by atoms with Gasteiger partial charge < -0.3 is 15.0 Å². The van der Waals surface area contributed by atoms with E-state index in [0.717, 1.165) is 48.4 Å². The van der Waals surface area contributed by atoms with Crippen molar-refractivity contribution < 1.29 is 14.3 Å². The number of carbonyl (C=O) groups is 2. The van der Waals surface area contributed by atoms with Gasteiger partial charge in [0, 0.05) is 47.9 Å². The Kier molecular flexibility index (Phi) is 7.75. The Labute approximate surface area is 242 Å². The second kappa shape index (κ2) is 11.7. The average molecular weight is 570 g/mol. The van der Waals surface area contributed by atoms with E-state index in [-0.39, 0.29) is 19.1 Å². The molecule has 6 rings (SSSR count). The van der Waals surface area contributed by atoms with Crippen molar-refractivity contribution in [3.05, 3.63) is 106 Å². The standard InChI is InChI=1S/C32H28ClN3O3S/c33-29-17-23(36-14-5-6-15-36)16-22(30(29)40-31-21(19-37)8-7-13-34-31)18-35-32(38)39-20-28-26-11-3-1-9-24(26)25-10-2-4-12-27(25)28/h1-4,7-13,16-17,19,28H,5-6,14-15,18,20H2,(H,35,38). The lowest BCUT2D eigenvalue weighted by molar-refractivity contribution is 0.112. The molecule has 3 aromatic carbocycles. The minimum atomic E-state index is -0.494. The SMILES string of the molecule is O=Cc1cccnc1Sc1c(Cl)cc(N2CCCC2)cc1CNC(=O)OCC1c2ccccc2-c2ccccc21. The van der Waals surface area contributed by atoms with Gasteiger partial charge >= 0.3 is 6.09 Å². The molecule has 202 valence electrons. The molecule has 1 aliphatic carbocycles. The Hall–Kier alpha value is -3.81. The number of benzene rings is 3. The third kappa shape index (κ3) is 5.31. The molecule has 40 heavy (non-hydrogen) atoms. The van der Waals surface area contributed by atoms with Crippen molar-refractivity contribution in [2.45, 2.75) is 35.2 Å². The minimum absolute atomic E-state index is 0.0110. The van der Waals surface area contributed by atoms with E-state index in [4.69, 9.17) is 16.3 Å². The van der Waals surface area contributed by atoms with Crippen LogP contribution in [0.2, 0.25) is 5.02 Å². The Morgan fingerprint density at radius 2 is 1.73 bits per heavy atom. The molecule has 0 atom stereocenters. The molecule has 1 saturated heterocycles. The number of aromatic nitrogens is 1. The second-order valence-electron chi connectivity index (χ2n) is 9.91. The lowest BCUT2D eigenvalue weighted by Gasteiger charge is -2.21. The Morgan fingerprint density at radius 3 is 2.42 bits per heavy atom. The molecule has 1 N–H and O–H groups in total. The van der Waals surface area contributed by atoms with Crippen molar-refractivity contribution in [2.75, 3.05) is 24.6 Å². The molecule has 1 aromatic heterocycles. The topological polar surface area (TPSA) is 71.5 Å². The van der Waals surface area contributed by atoms with Crippen molar-refractivity contribution in [3.63, 3.8) is 0 Å². The highest BCUT2D eigenvalue weighted by molar-refractivity contribution is 7.99. The molecule has 0 spiro atoms. The number of nitrogens with one attached hydrogen (secondary N) is 1. The normalized spacial score (nSPS) is 14.1. The second-order valence-corrected chi connectivity index (χ2v) is 11.3. The number of hydrogen-bond acceptors (Lipinski definition) is 6. The highest BCUT2D eigenvalue weighted by atomic mass is 35.5. The van der Waals surface area contributed by atoms with Gasteiger partial charge in [0.25, 0.3) is 0 Å². The molecule has 8 heteroatoms. The molecule has 0 bridgehead atoms. The first-order valence-corrected chi connectivity index (χ1v) is 14.6. The molecule has 1 aliphatic heterocycles. The highest BCUT2D eigenvalue weighted by Gasteiger charge is 2.29. The van der Waals surface area contributed by atoms with Crippen LogP contribution in [0.5, 0.6) is 0 Å². The molecule has 6 nitrogen and oxygen atoms in total. The maximum Gasteiger partial charge on any atom is 0.407 e. The van der Waals surface area contributed by atoms with E-state index in [9.17, 15) is 9.59 Å². The van der Waals surface area contributed by atoms with Crippen molar-refractivity contribution in [2.24, 2.45) is 0 Å². The number of fused-ring (bicyclic) bond motifs is 3. The molecule has 4 aromatic rings. The smallest absolute Gasteiger partial charge is 0.407 e. The molecular weight excluding hydrogens is 542 g/mol. The highest BCUT2D eigenvalue weighted by Crippen LogP contribution is 2.44. The summed E-state index contributed by atoms with van der Waals surface area (Å²) in [7, 11) is 0. The fourth-order valence-corrected chi connectivity index (χ4v) is 6.84. The number of anilines is 1. The number of halogens is 1. The lowest BCUT2D eigenvalue weighted by Crippen LogP contribution is -2.26. The van der Waals surface area contributed by atoms with Gasteiger partial charge in [0.15, 0.2) is 6.29 Å². The third-order valence-corrected chi connectivity index (χ3v) is 9.10. The maximum absolute atomic E-state index is 13.0. The first-order chi connectivity index (χ1) is 19.6. The summed E-state index contributed by atoms with van der Waals surface area (Å²) in [4.78, 5) is 32.0. The lowest BCUT2D eigenvalue weighted by atomic mass is 9.98. The predicted octanol–water partition coefficient (Wildman–Crippen LogP) is 7.34. The van der Waals surface area contributed by atoms with E-state index in [2.05, 4.69) is 45.5 Å². The zero-order valence-corrected chi connectivity index (χ0v) is 23.4. The van der Waals surface area contributed by atoms with Crippen LogP contribution in [-0.4, -0.2) is 37.1 Å². The molecule has 0 radical (unpaired) electrons. The summed E-state index contributed by atoms with van der Waals surface area (Å²) in [6.07, 6.45) is 4.22. The van der Waals surface area contributed by atoms with E-state index in [1.54, 1.807) is 18.3 Å². The average Bonchev–Trinajstić information content (AvgIpc) is 3.64. The zero-order chi connectivity index (χ0) is 27.5. The van der Waals surface area contributed by atoms with E-state index in [1.165, 1.54) is 34.0 Å². The van der Waals surface area contributed by atoms with Gasteiger partial charge in [0.2, 0.25) is 0 Å². The van der Waals surface area contributed by atoms with Crippen molar-refractivity contribution in [1.82, 2.24) is 10.3 Å². The molecule has 0 unspecified atom stereocenters. The summed E-state index contributed by atoms with van der Waals surface area (Å²) < 4.78 is 5.76. The van der Waals surface area contributed by atoms with Gasteiger partial charge in [0.1, 0.15) is 11.6 Å². The number of alkyl carbamates (subject to hydrolysis) is 1. The van der Waals surface area contributed by atoms with E-state index < -0.39 is 6.09 Å². The van der Waals surface area contributed by atoms with E-state index in [0.29, 0.717) is 15.6 Å². The van der Waals surface area contributed by atoms with E-state index >= 15 is 0 Å². The fraction of sp³-hybridized carbons (Fsp3) is 0.219. The van der Waals surface area contributed by atoms with E-state index in [1.807, 2.05) is 30.3 Å². The summed E-state index contributed by atoms with van der Waals surface area (Å²) in [6, 6.07) is 24.0. The van der Waals surface area contributed by atoms with Gasteiger partial charge in [-0.3, -0.25) is 4.79 Å². The van der Waals surface area contributed by atoms with Crippen LogP contribution in [0, 0.1) is 0 Å². The number of ether oxygens (including phenoxy) is 1. The Morgan fingerprint density at radius 1 is 1.02 bits per heavy atom. The zero-order valence-electron chi connectivity index (χ0n) is 21.8. The number of carbonyl (C=O) groups excluding carboxylic acids is 2. The summed E-state index contributed by atoms with van der Waals surface area (Å²) in [5.41, 5.74) is 7.06. The number of nitrogens with zero attached hydrogens (tertiary/aromatic N) is 2. The Bertz CT molecular complexity index is 1530. The number of hydrogen-bond donors (Lipinski definition) is 1. The van der Waals surface area contributed by atoms with Crippen molar-refractivity contribution in [1.29, 1.82) is 0 Å². The van der Waals surface area contributed by atoms with Crippen molar-refractivity contribution >= 4 is 41.4 Å².